The lowest BCUT2D eigenvalue weighted by atomic mass is 10.1. The number of nitrogens with zero attached hydrogens (tertiary/aromatic N) is 3. The van der Waals surface area contributed by atoms with Crippen molar-refractivity contribution in [2.45, 2.75) is 27.3 Å². The van der Waals surface area contributed by atoms with Crippen LogP contribution in [0.4, 0.5) is 5.69 Å². The summed E-state index contributed by atoms with van der Waals surface area (Å²) in [5, 5.41) is 6.91. The third-order valence-corrected chi connectivity index (χ3v) is 4.04. The standard InChI is InChI=1S/C18H19N5O2/c1-11-16(13(3)24)12(2)21-17(11)18(25)22-15-6-4-14(5-7-15)8-23-10-19-9-20-23/h4-7,9-10,21H,8H2,1-3H3,(H,22,25). The van der Waals surface area contributed by atoms with Crippen molar-refractivity contribution in [2.24, 2.45) is 0 Å². The van der Waals surface area contributed by atoms with Crippen LogP contribution in [-0.2, 0) is 6.54 Å². The van der Waals surface area contributed by atoms with Crippen LogP contribution in [0.1, 0.15) is 44.6 Å². The average Bonchev–Trinajstić information content (AvgIpc) is 3.17. The number of amides is 1. The Balaban J connectivity index is 1.73. The summed E-state index contributed by atoms with van der Waals surface area (Å²) in [6, 6.07) is 7.51. The number of aryl methyl sites for hydroxylation is 1. The molecule has 1 aromatic carbocycles. The summed E-state index contributed by atoms with van der Waals surface area (Å²) in [7, 11) is 0. The van der Waals surface area contributed by atoms with Gasteiger partial charge in [0.1, 0.15) is 18.3 Å². The highest BCUT2D eigenvalue weighted by atomic mass is 16.2. The number of carbonyl (C=O) groups excluding carboxylic acids is 2. The zero-order valence-electron chi connectivity index (χ0n) is 14.3. The highest BCUT2D eigenvalue weighted by molar-refractivity contribution is 6.07. The number of anilines is 1. The lowest BCUT2D eigenvalue weighted by molar-refractivity contribution is 0.101. The van der Waals surface area contributed by atoms with Crippen molar-refractivity contribution >= 4 is 17.4 Å². The monoisotopic (exact) mass is 337 g/mol. The Bertz CT molecular complexity index is 908. The number of aromatic amines is 1. The van der Waals surface area contributed by atoms with Crippen molar-refractivity contribution < 1.29 is 9.59 Å². The molecule has 0 aliphatic carbocycles. The van der Waals surface area contributed by atoms with Crippen LogP contribution in [0.5, 0.6) is 0 Å². The van der Waals surface area contributed by atoms with Gasteiger partial charge in [0.25, 0.3) is 5.91 Å². The molecule has 0 fully saturated rings. The van der Waals surface area contributed by atoms with Crippen LogP contribution >= 0.6 is 0 Å². The molecule has 128 valence electrons. The Kier molecular flexibility index (Phi) is 4.47. The molecule has 3 aromatic rings. The number of ketones is 1. The van der Waals surface area contributed by atoms with Crippen molar-refractivity contribution in [3.8, 4) is 0 Å². The van der Waals surface area contributed by atoms with Gasteiger partial charge in [0.05, 0.1) is 6.54 Å². The summed E-state index contributed by atoms with van der Waals surface area (Å²) in [5.74, 6) is -0.320. The molecule has 2 aromatic heterocycles. The zero-order valence-corrected chi connectivity index (χ0v) is 14.3. The van der Waals surface area contributed by atoms with Crippen LogP contribution < -0.4 is 5.32 Å². The van der Waals surface area contributed by atoms with Crippen molar-refractivity contribution in [2.75, 3.05) is 5.32 Å². The molecule has 0 saturated carbocycles. The van der Waals surface area contributed by atoms with Gasteiger partial charge >= 0.3 is 0 Å². The minimum atomic E-state index is -0.267. The molecule has 0 aliphatic heterocycles. The van der Waals surface area contributed by atoms with Crippen LogP contribution in [0.2, 0.25) is 0 Å². The molecule has 0 aliphatic rings. The molecular weight excluding hydrogens is 318 g/mol. The Morgan fingerprint density at radius 1 is 1.20 bits per heavy atom. The van der Waals surface area contributed by atoms with Crippen LogP contribution in [0.25, 0.3) is 0 Å². The highest BCUT2D eigenvalue weighted by Crippen LogP contribution is 2.20. The molecule has 2 N–H and O–H groups in total. The largest absolute Gasteiger partial charge is 0.354 e. The first-order valence-corrected chi connectivity index (χ1v) is 7.88. The van der Waals surface area contributed by atoms with E-state index in [1.54, 1.807) is 24.9 Å². The van der Waals surface area contributed by atoms with E-state index in [-0.39, 0.29) is 11.7 Å². The topological polar surface area (TPSA) is 92.7 Å². The van der Waals surface area contributed by atoms with Gasteiger partial charge < -0.3 is 10.3 Å². The maximum absolute atomic E-state index is 12.5. The number of H-pyrrole nitrogens is 1. The fraction of sp³-hybridized carbons (Fsp3) is 0.222. The summed E-state index contributed by atoms with van der Waals surface area (Å²) in [6.45, 7) is 5.68. The second-order valence-electron chi connectivity index (χ2n) is 5.93. The van der Waals surface area contributed by atoms with Gasteiger partial charge in [-0.05, 0) is 44.0 Å². The van der Waals surface area contributed by atoms with E-state index < -0.39 is 0 Å². The third kappa shape index (κ3) is 3.50. The van der Waals surface area contributed by atoms with Gasteiger partial charge in [-0.2, -0.15) is 5.10 Å². The Labute approximate surface area is 145 Å². The fourth-order valence-corrected chi connectivity index (χ4v) is 2.89. The van der Waals surface area contributed by atoms with Crippen molar-refractivity contribution in [3.05, 3.63) is 65.0 Å². The summed E-state index contributed by atoms with van der Waals surface area (Å²) < 4.78 is 1.72. The maximum atomic E-state index is 12.5. The summed E-state index contributed by atoms with van der Waals surface area (Å²) in [6.07, 6.45) is 3.14. The molecule has 0 bridgehead atoms. The maximum Gasteiger partial charge on any atom is 0.272 e. The molecule has 0 radical (unpaired) electrons. The van der Waals surface area contributed by atoms with E-state index in [0.717, 1.165) is 5.56 Å². The first-order chi connectivity index (χ1) is 12.0. The van der Waals surface area contributed by atoms with Crippen molar-refractivity contribution in [1.29, 1.82) is 0 Å². The number of aromatic nitrogens is 4. The Morgan fingerprint density at radius 3 is 2.48 bits per heavy atom. The molecule has 7 heteroatoms. The van der Waals surface area contributed by atoms with E-state index in [1.807, 2.05) is 24.3 Å². The smallest absolute Gasteiger partial charge is 0.272 e. The number of Topliss-reactive ketones (excluding diaryl/α,β-unsaturated/α-hetero) is 1. The minimum absolute atomic E-state index is 0.0530. The average molecular weight is 337 g/mol. The van der Waals surface area contributed by atoms with Gasteiger partial charge in [0.15, 0.2) is 5.78 Å². The Morgan fingerprint density at radius 2 is 1.92 bits per heavy atom. The minimum Gasteiger partial charge on any atom is -0.354 e. The number of hydrogen-bond acceptors (Lipinski definition) is 4. The SMILES string of the molecule is CC(=O)c1c(C)[nH]c(C(=O)Nc2ccc(Cn3cncn3)cc2)c1C. The van der Waals surface area contributed by atoms with E-state index in [1.165, 1.54) is 13.3 Å². The van der Waals surface area contributed by atoms with Crippen LogP contribution in [0.15, 0.2) is 36.9 Å². The Hall–Kier alpha value is -3.22. The fourth-order valence-electron chi connectivity index (χ4n) is 2.89. The second kappa shape index (κ2) is 6.72. The van der Waals surface area contributed by atoms with E-state index >= 15 is 0 Å². The van der Waals surface area contributed by atoms with Gasteiger partial charge in [-0.3, -0.25) is 9.59 Å². The number of hydrogen-bond donors (Lipinski definition) is 2. The molecular formula is C18H19N5O2. The van der Waals surface area contributed by atoms with E-state index in [4.69, 9.17) is 0 Å². The molecule has 2 heterocycles. The predicted octanol–water partition coefficient (Wildman–Crippen LogP) is 2.73. The van der Waals surface area contributed by atoms with E-state index in [2.05, 4.69) is 20.4 Å². The number of carbonyl (C=O) groups is 2. The van der Waals surface area contributed by atoms with Gasteiger partial charge in [0, 0.05) is 16.9 Å². The van der Waals surface area contributed by atoms with Gasteiger partial charge in [-0.15, -0.1) is 0 Å². The zero-order chi connectivity index (χ0) is 18.0. The molecule has 25 heavy (non-hydrogen) atoms. The first kappa shape index (κ1) is 16.6. The van der Waals surface area contributed by atoms with E-state index in [0.29, 0.717) is 34.7 Å². The normalized spacial score (nSPS) is 10.7. The lowest BCUT2D eigenvalue weighted by Crippen LogP contribution is -2.14. The summed E-state index contributed by atoms with van der Waals surface area (Å²) in [4.78, 5) is 31.1. The van der Waals surface area contributed by atoms with Gasteiger partial charge in [-0.1, -0.05) is 12.1 Å². The molecule has 0 saturated heterocycles. The molecule has 0 atom stereocenters. The van der Waals surface area contributed by atoms with Crippen LogP contribution in [-0.4, -0.2) is 31.4 Å². The van der Waals surface area contributed by atoms with Crippen LogP contribution in [0.3, 0.4) is 0 Å². The predicted molar refractivity (Wildman–Crippen MR) is 93.8 cm³/mol. The molecule has 0 unspecified atom stereocenters. The summed E-state index contributed by atoms with van der Waals surface area (Å²) in [5.41, 5.74) is 4.10. The first-order valence-electron chi connectivity index (χ1n) is 7.88. The van der Waals surface area contributed by atoms with E-state index in [9.17, 15) is 9.59 Å². The van der Waals surface area contributed by atoms with Crippen molar-refractivity contribution in [3.63, 3.8) is 0 Å². The van der Waals surface area contributed by atoms with Crippen molar-refractivity contribution in [1.82, 2.24) is 19.7 Å². The quantitative estimate of drug-likeness (QED) is 0.700. The molecule has 0 spiro atoms. The second-order valence-corrected chi connectivity index (χ2v) is 5.93. The van der Waals surface area contributed by atoms with Crippen LogP contribution in [0, 0.1) is 13.8 Å². The molecule has 1 amide bonds. The highest BCUT2D eigenvalue weighted by Gasteiger charge is 2.19. The molecule has 7 nitrogen and oxygen atoms in total. The number of benzene rings is 1. The molecule has 3 rings (SSSR count). The lowest BCUT2D eigenvalue weighted by Gasteiger charge is -2.07. The number of rotatable bonds is 5. The van der Waals surface area contributed by atoms with Gasteiger partial charge in [-0.25, -0.2) is 9.67 Å². The van der Waals surface area contributed by atoms with Gasteiger partial charge in [0.2, 0.25) is 0 Å². The third-order valence-electron chi connectivity index (χ3n) is 4.04. The summed E-state index contributed by atoms with van der Waals surface area (Å²) >= 11 is 0. The number of nitrogens with one attached hydrogen (secondary N) is 2.